The maximum absolute atomic E-state index is 9.78. The molecule has 0 heterocycles. The Morgan fingerprint density at radius 3 is 1.00 bits per heavy atom. The van der Waals surface area contributed by atoms with E-state index in [0.717, 1.165) is 0 Å². The Morgan fingerprint density at radius 2 is 1.00 bits per heavy atom. The van der Waals surface area contributed by atoms with E-state index >= 15 is 0 Å². The third-order valence-electron chi connectivity index (χ3n) is 0. The van der Waals surface area contributed by atoms with Gasteiger partial charge in [-0.2, -0.15) is 0 Å². The van der Waals surface area contributed by atoms with Crippen LogP contribution >= 0.6 is 45.7 Å². The fourth-order valence-corrected chi connectivity index (χ4v) is 0. The summed E-state index contributed by atoms with van der Waals surface area (Å²) in [6, 6.07) is 0. The van der Waals surface area contributed by atoms with E-state index in [0.29, 0.717) is 0 Å². The van der Waals surface area contributed by atoms with Gasteiger partial charge in [0.15, 0.2) is 0 Å². The predicted molar refractivity (Wildman–Crippen MR) is 56.4 cm³/mol. The molecule has 0 saturated carbocycles. The summed E-state index contributed by atoms with van der Waals surface area (Å²) in [5.74, 6) is 0. The minimum Gasteiger partial charge on any atom is 1.00 e. The first-order chi connectivity index (χ1) is 3.46. The molecule has 0 aliphatic rings. The maximum atomic E-state index is 9.78. The molecule has 0 radical (unpaired) electrons. The second kappa shape index (κ2) is 21.3. The first-order valence-electron chi connectivity index (χ1n) is 0.586. The van der Waals surface area contributed by atoms with Crippen LogP contribution < -0.4 is 51.4 Å². The third kappa shape index (κ3) is 60.2. The molecule has 0 amide bonds. The summed E-state index contributed by atoms with van der Waals surface area (Å²) in [5, 5.41) is 0. The second-order valence-electron chi connectivity index (χ2n) is 0.221. The van der Waals surface area contributed by atoms with Gasteiger partial charge < -0.3 is 1.43 Å². The van der Waals surface area contributed by atoms with Crippen LogP contribution in [0.15, 0.2) is 0 Å². The van der Waals surface area contributed by atoms with Gasteiger partial charge in [0.25, 0.3) is 0 Å². The van der Waals surface area contributed by atoms with Crippen molar-refractivity contribution in [3.8, 4) is 0 Å². The Labute approximate surface area is 171 Å². The topological polar surface area (TPSA) is 0 Å². The van der Waals surface area contributed by atoms with Crippen molar-refractivity contribution in [2.24, 2.45) is 0 Å². The summed E-state index contributed by atoms with van der Waals surface area (Å²) in [7, 11) is 0. The molecule has 10 heavy (non-hydrogen) atoms. The Balaban J connectivity index is -0.0000000171. The van der Waals surface area contributed by atoms with Crippen LogP contribution in [-0.4, -0.2) is 26.2 Å². The zero-order valence-electron chi connectivity index (χ0n) is 5.49. The Kier molecular flexibility index (Phi) is 54.7. The molecule has 0 rings (SSSR count). The molecular formula is H4BiF3I3KLu2. The molecule has 0 atom stereocenters. The van der Waals surface area contributed by atoms with Crippen molar-refractivity contribution >= 4 is 71.9 Å². The third-order valence-corrected chi connectivity index (χ3v) is 0. The van der Waals surface area contributed by atoms with Crippen LogP contribution in [0.25, 0.3) is 0 Å². The van der Waals surface area contributed by atoms with E-state index in [2.05, 4.69) is 45.7 Å². The molecule has 0 spiro atoms. The average molecular weight is 1040 g/mol. The van der Waals surface area contributed by atoms with Crippen molar-refractivity contribution in [1.29, 1.82) is 0 Å². The molecule has 10 heteroatoms. The molecule has 0 fully saturated rings. The molecule has 0 aliphatic heterocycles. The monoisotopic (exact) mass is 1040 g/mol. The summed E-state index contributed by atoms with van der Waals surface area (Å²) in [4.78, 5) is 0. The van der Waals surface area contributed by atoms with Crippen LogP contribution in [0.3, 0.4) is 0 Å². The van der Waals surface area contributed by atoms with Crippen molar-refractivity contribution in [3.63, 3.8) is 0 Å². The van der Waals surface area contributed by atoms with Gasteiger partial charge in [0.1, 0.15) is 0 Å². The van der Waals surface area contributed by atoms with Crippen LogP contribution in [0.4, 0.5) is 4.39 Å². The Bertz CT molecular complexity index is 42.1. The van der Waals surface area contributed by atoms with Crippen molar-refractivity contribution in [2.75, 3.05) is 0 Å². The van der Waals surface area contributed by atoms with E-state index in [1.165, 1.54) is 0 Å². The molecule has 0 bridgehead atoms. The summed E-state index contributed by atoms with van der Waals surface area (Å²) in [6.07, 6.45) is 0. The smallest absolute Gasteiger partial charge is 1.00 e. The van der Waals surface area contributed by atoms with Crippen LogP contribution in [-0.2, 0) is 0 Å². The van der Waals surface area contributed by atoms with Crippen molar-refractivity contribution in [3.05, 3.63) is 0 Å². The van der Waals surface area contributed by atoms with Gasteiger partial charge in [-0.05, 0) is 0 Å². The Morgan fingerprint density at radius 1 is 1.00 bits per heavy atom. The van der Waals surface area contributed by atoms with E-state index in [1.807, 2.05) is 0 Å². The molecule has 0 N–H and O–H groups in total. The molecule has 0 aromatic carbocycles. The standard InChI is InChI=1S/Bi.3FH.3HI.K.2Lu.4H/h;6*1H;;;;;;;/q;;;;;;;+1;2*+3;;;;-1/p-6. The Hall–Kier alpha value is 6.97. The SMILES string of the molecule is [BiH3].[F][Lu]([F])[F].[H-].[I][Lu]([I])[I].[K+]. The number of rotatable bonds is 0. The van der Waals surface area contributed by atoms with E-state index in [4.69, 9.17) is 0 Å². The largest absolute Gasteiger partial charge is 1.00 e. The first kappa shape index (κ1) is 25.7. The summed E-state index contributed by atoms with van der Waals surface area (Å²) in [5.41, 5.74) is 0. The second-order valence-corrected chi connectivity index (χ2v) is 37.7. The van der Waals surface area contributed by atoms with Crippen molar-refractivity contribution in [1.82, 2.24) is 0 Å². The predicted octanol–water partition coefficient (Wildman–Crippen LogP) is -0.150. The summed E-state index contributed by atoms with van der Waals surface area (Å²) in [6.45, 7) is 0. The normalized spacial score (nSPS) is 9.00. The first-order valence-corrected chi connectivity index (χ1v) is 16.7. The van der Waals surface area contributed by atoms with Gasteiger partial charge in [-0.3, -0.25) is 0 Å². The molecule has 0 aliphatic carbocycles. The molecule has 0 nitrogen and oxygen atoms in total. The van der Waals surface area contributed by atoms with Gasteiger partial charge in [0.2, 0.25) is 0 Å². The van der Waals surface area contributed by atoms with Crippen molar-refractivity contribution < 1.29 is 106 Å². The minimum atomic E-state index is -4.44. The van der Waals surface area contributed by atoms with Gasteiger partial charge in [-0.15, -0.1) is 0 Å². The zero-order chi connectivity index (χ0) is 7.15. The van der Waals surface area contributed by atoms with Crippen molar-refractivity contribution in [2.45, 2.75) is 0 Å². The molecule has 0 saturated heterocycles. The summed E-state index contributed by atoms with van der Waals surface area (Å²) < 4.78 is 29.3. The molecular weight excluding hydrogens is 1040 g/mol. The van der Waals surface area contributed by atoms with E-state index in [-0.39, 0.29) is 94.7 Å². The van der Waals surface area contributed by atoms with Crippen LogP contribution in [0, 0.1) is 49.1 Å². The fourth-order valence-electron chi connectivity index (χ4n) is 0. The van der Waals surface area contributed by atoms with Crippen LogP contribution in [0.5, 0.6) is 0 Å². The van der Waals surface area contributed by atoms with E-state index in [1.54, 1.807) is 0 Å². The summed E-state index contributed by atoms with van der Waals surface area (Å²) >= 11 is 2.80. The number of halogens is 6. The molecule has 0 unspecified atom stereocenters. The van der Waals surface area contributed by atoms with Gasteiger partial charge in [-0.1, -0.05) is 0 Å². The molecule has 82 valence electrons. The fraction of sp³-hybridized carbons (Fsp3) is 0. The minimum absolute atomic E-state index is 0. The van der Waals surface area contributed by atoms with Gasteiger partial charge in [0, 0.05) is 0 Å². The van der Waals surface area contributed by atoms with Crippen LogP contribution in [0.1, 0.15) is 1.43 Å². The average Bonchev–Trinajstić information content (AvgIpc) is 1.25. The molecule has 0 aromatic rings. The van der Waals surface area contributed by atoms with Gasteiger partial charge >= 0.3 is 177 Å². The molecule has 0 aromatic heterocycles. The van der Waals surface area contributed by atoms with Gasteiger partial charge in [-0.25, -0.2) is 0 Å². The maximum Gasteiger partial charge on any atom is 1.00 e. The van der Waals surface area contributed by atoms with E-state index < -0.39 is 33.4 Å². The number of hydrogen-bond acceptors (Lipinski definition) is 0. The quantitative estimate of drug-likeness (QED) is 0.235. The zero-order valence-corrected chi connectivity index (χ0v) is 22.9. The number of hydrogen-bond donors (Lipinski definition) is 0. The van der Waals surface area contributed by atoms with Crippen LogP contribution in [0.2, 0.25) is 0 Å². The van der Waals surface area contributed by atoms with Gasteiger partial charge in [0.05, 0.1) is 0 Å². The van der Waals surface area contributed by atoms with E-state index in [9.17, 15) is 4.39 Å².